The van der Waals surface area contributed by atoms with Gasteiger partial charge < -0.3 is 20.4 Å². The summed E-state index contributed by atoms with van der Waals surface area (Å²) in [6.07, 6.45) is 11.8. The van der Waals surface area contributed by atoms with Gasteiger partial charge in [0, 0.05) is 48.8 Å². The van der Waals surface area contributed by atoms with Crippen molar-refractivity contribution in [1.29, 1.82) is 0 Å². The minimum Gasteiger partial charge on any atom is -0.481 e. The fourth-order valence-corrected chi connectivity index (χ4v) is 1.76. The summed E-state index contributed by atoms with van der Waals surface area (Å²) in [5, 5.41) is 30.5. The van der Waals surface area contributed by atoms with Crippen LogP contribution in [0, 0.1) is 0 Å². The molecule has 0 fully saturated rings. The number of carboxylic acid groups (broad SMARTS) is 2. The van der Waals surface area contributed by atoms with Gasteiger partial charge in [-0.15, -0.1) is 0 Å². The maximum atomic E-state index is 10.0. The summed E-state index contributed by atoms with van der Waals surface area (Å²) in [5.74, 6) is -1.34. The van der Waals surface area contributed by atoms with E-state index in [4.69, 9.17) is 20.4 Å². The molecule has 0 aromatic rings. The standard InChI is InChI=1S/2C8H16O2.2CH4O.Ti/c2*1-2-3-4-5-6-7-8(9)10;2*1-2;/h2*2-7H2,1H3,(H,9,10);2*2H,1H3;. The Morgan fingerprint density at radius 2 is 0.800 bits per heavy atom. The van der Waals surface area contributed by atoms with Gasteiger partial charge in [-0.2, -0.15) is 0 Å². The molecule has 0 amide bonds. The van der Waals surface area contributed by atoms with Crippen LogP contribution in [0.4, 0.5) is 0 Å². The van der Waals surface area contributed by atoms with E-state index in [1.54, 1.807) is 0 Å². The Labute approximate surface area is 168 Å². The molecule has 0 saturated heterocycles. The Morgan fingerprint density at radius 3 is 1.00 bits per heavy atom. The molecule has 152 valence electrons. The first-order valence-electron chi connectivity index (χ1n) is 8.87. The molecule has 0 aliphatic heterocycles. The van der Waals surface area contributed by atoms with Crippen molar-refractivity contribution >= 4 is 11.9 Å². The molecule has 0 heterocycles. The smallest absolute Gasteiger partial charge is 0.303 e. The Hall–Kier alpha value is -0.426. The molecular weight excluding hydrogens is 360 g/mol. The third kappa shape index (κ3) is 59.5. The summed E-state index contributed by atoms with van der Waals surface area (Å²) >= 11 is 0. The van der Waals surface area contributed by atoms with E-state index in [1.165, 1.54) is 38.5 Å². The van der Waals surface area contributed by atoms with Gasteiger partial charge in [0.25, 0.3) is 0 Å². The zero-order valence-corrected chi connectivity index (χ0v) is 18.2. The number of hydrogen-bond donors (Lipinski definition) is 4. The molecule has 0 atom stereocenters. The van der Waals surface area contributed by atoms with E-state index in [0.717, 1.165) is 39.9 Å². The molecule has 0 spiro atoms. The van der Waals surface area contributed by atoms with Crippen molar-refractivity contribution in [1.82, 2.24) is 0 Å². The number of hydrogen-bond acceptors (Lipinski definition) is 4. The third-order valence-corrected chi connectivity index (χ3v) is 2.99. The zero-order valence-electron chi connectivity index (χ0n) is 16.6. The van der Waals surface area contributed by atoms with Gasteiger partial charge in [0.15, 0.2) is 0 Å². The van der Waals surface area contributed by atoms with Gasteiger partial charge in [0.05, 0.1) is 0 Å². The van der Waals surface area contributed by atoms with Gasteiger partial charge in [-0.3, -0.25) is 9.59 Å². The zero-order chi connectivity index (χ0) is 19.6. The molecular formula is C18H40O6Ti. The number of carbonyl (C=O) groups is 2. The van der Waals surface area contributed by atoms with Crippen molar-refractivity contribution in [3.8, 4) is 0 Å². The molecule has 0 rings (SSSR count). The van der Waals surface area contributed by atoms with Crippen molar-refractivity contribution < 1.29 is 51.7 Å². The van der Waals surface area contributed by atoms with Crippen molar-refractivity contribution in [3.63, 3.8) is 0 Å². The van der Waals surface area contributed by atoms with Crippen LogP contribution in [0.15, 0.2) is 0 Å². The van der Waals surface area contributed by atoms with Crippen LogP contribution in [0.25, 0.3) is 0 Å². The monoisotopic (exact) mass is 400 g/mol. The fourth-order valence-electron chi connectivity index (χ4n) is 1.76. The first-order valence-corrected chi connectivity index (χ1v) is 8.87. The topological polar surface area (TPSA) is 115 Å². The molecule has 0 aliphatic carbocycles. The first kappa shape index (κ1) is 35.6. The molecule has 0 bridgehead atoms. The van der Waals surface area contributed by atoms with Gasteiger partial charge in [-0.25, -0.2) is 0 Å². The van der Waals surface area contributed by atoms with Gasteiger partial charge >= 0.3 is 11.9 Å². The molecule has 0 aromatic heterocycles. The molecule has 4 N–H and O–H groups in total. The SMILES string of the molecule is CCCCCCCC(=O)O.CCCCCCCC(=O)O.CO.CO.[Ti]. The van der Waals surface area contributed by atoms with Crippen LogP contribution in [0.5, 0.6) is 0 Å². The summed E-state index contributed by atoms with van der Waals surface area (Å²) in [4.78, 5) is 20.1. The second-order valence-electron chi connectivity index (χ2n) is 5.12. The van der Waals surface area contributed by atoms with Crippen molar-refractivity contribution in [2.24, 2.45) is 0 Å². The van der Waals surface area contributed by atoms with Crippen molar-refractivity contribution in [3.05, 3.63) is 0 Å². The van der Waals surface area contributed by atoms with E-state index in [2.05, 4.69) is 13.8 Å². The number of aliphatic carboxylic acids is 2. The van der Waals surface area contributed by atoms with Crippen LogP contribution < -0.4 is 0 Å². The maximum absolute atomic E-state index is 10.0. The normalized spacial score (nSPS) is 8.24. The van der Waals surface area contributed by atoms with Crippen LogP contribution in [0.1, 0.15) is 90.9 Å². The predicted octanol–water partition coefficient (Wildman–Crippen LogP) is 4.08. The fraction of sp³-hybridized carbons (Fsp3) is 0.889. The van der Waals surface area contributed by atoms with Crippen LogP contribution in [-0.4, -0.2) is 46.6 Å². The minimum atomic E-state index is -0.670. The number of aliphatic hydroxyl groups is 2. The van der Waals surface area contributed by atoms with Gasteiger partial charge in [0.2, 0.25) is 0 Å². The summed E-state index contributed by atoms with van der Waals surface area (Å²) in [5.41, 5.74) is 0. The number of rotatable bonds is 12. The molecule has 0 aromatic carbocycles. The molecule has 0 aliphatic rings. The van der Waals surface area contributed by atoms with Crippen LogP contribution in [0.3, 0.4) is 0 Å². The Kier molecular flexibility index (Phi) is 55.5. The second-order valence-corrected chi connectivity index (χ2v) is 5.12. The Balaban J connectivity index is -0.0000000858. The summed E-state index contributed by atoms with van der Waals surface area (Å²) in [6, 6.07) is 0. The second kappa shape index (κ2) is 38.9. The average Bonchev–Trinajstić information content (AvgIpc) is 2.58. The van der Waals surface area contributed by atoms with E-state index in [1.807, 2.05) is 0 Å². The van der Waals surface area contributed by atoms with Crippen molar-refractivity contribution in [2.45, 2.75) is 90.9 Å². The number of carboxylic acids is 2. The molecule has 0 unspecified atom stereocenters. The van der Waals surface area contributed by atoms with Crippen LogP contribution in [0.2, 0.25) is 0 Å². The van der Waals surface area contributed by atoms with Gasteiger partial charge in [-0.1, -0.05) is 65.2 Å². The Bertz CT molecular complexity index is 214. The quantitative estimate of drug-likeness (QED) is 0.290. The van der Waals surface area contributed by atoms with Crippen molar-refractivity contribution in [2.75, 3.05) is 14.2 Å². The minimum absolute atomic E-state index is 0. The van der Waals surface area contributed by atoms with E-state index in [9.17, 15) is 9.59 Å². The summed E-state index contributed by atoms with van der Waals surface area (Å²) in [7, 11) is 2.00. The maximum Gasteiger partial charge on any atom is 0.303 e. The van der Waals surface area contributed by atoms with Gasteiger partial charge in [0.1, 0.15) is 0 Å². The molecule has 25 heavy (non-hydrogen) atoms. The molecule has 7 heteroatoms. The van der Waals surface area contributed by atoms with Crippen LogP contribution >= 0.6 is 0 Å². The van der Waals surface area contributed by atoms with Gasteiger partial charge in [-0.05, 0) is 12.8 Å². The number of unbranched alkanes of at least 4 members (excludes halogenated alkanes) is 8. The average molecular weight is 400 g/mol. The van der Waals surface area contributed by atoms with E-state index < -0.39 is 11.9 Å². The molecule has 6 nitrogen and oxygen atoms in total. The largest absolute Gasteiger partial charge is 0.481 e. The molecule has 0 radical (unpaired) electrons. The summed E-state index contributed by atoms with van der Waals surface area (Å²) < 4.78 is 0. The summed E-state index contributed by atoms with van der Waals surface area (Å²) in [6.45, 7) is 4.30. The number of aliphatic hydroxyl groups excluding tert-OH is 2. The van der Waals surface area contributed by atoms with E-state index in [0.29, 0.717) is 12.8 Å². The van der Waals surface area contributed by atoms with E-state index >= 15 is 0 Å². The predicted molar refractivity (Wildman–Crippen MR) is 98.3 cm³/mol. The van der Waals surface area contributed by atoms with E-state index in [-0.39, 0.29) is 21.7 Å². The Morgan fingerprint density at radius 1 is 0.560 bits per heavy atom. The third-order valence-electron chi connectivity index (χ3n) is 2.99. The first-order chi connectivity index (χ1) is 11.5. The molecule has 0 saturated carbocycles. The van der Waals surface area contributed by atoms with Crippen LogP contribution in [-0.2, 0) is 31.3 Å².